The molecule has 0 fully saturated rings. The second kappa shape index (κ2) is 39.8. The lowest BCUT2D eigenvalue weighted by atomic mass is 9.97. The number of halogens is 6. The number of anilines is 5. The van der Waals surface area contributed by atoms with Crippen molar-refractivity contribution >= 4 is 265 Å². The van der Waals surface area contributed by atoms with Gasteiger partial charge >= 0.3 is 0 Å². The van der Waals surface area contributed by atoms with Crippen molar-refractivity contribution in [2.75, 3.05) is 20.1 Å². The molecule has 1 N–H and O–H groups in total. The van der Waals surface area contributed by atoms with E-state index >= 15 is 0 Å². The molecule has 2 aliphatic rings. The monoisotopic (exact) mass is 2210 g/mol. The molecular weight excluding hydrogens is 2120 g/mol. The first-order valence-electron chi connectivity index (χ1n) is 46.8. The molecule has 2 aliphatic carbocycles. The summed E-state index contributed by atoms with van der Waals surface area (Å²) in [5, 5.41) is 23.0. The lowest BCUT2D eigenvalue weighted by molar-refractivity contribution is 1.09. The lowest BCUT2D eigenvalue weighted by Gasteiger charge is -2.26. The lowest BCUT2D eigenvalue weighted by Crippen LogP contribution is -2.10. The van der Waals surface area contributed by atoms with E-state index in [0.717, 1.165) is 65.8 Å². The molecule has 0 bridgehead atoms. The predicted molar refractivity (Wildman–Crippen MR) is 632 cm³/mol. The predicted octanol–water partition coefficient (Wildman–Crippen LogP) is 39.2. The van der Waals surface area contributed by atoms with Gasteiger partial charge in [-0.2, -0.15) is 0 Å². The zero-order valence-electron chi connectivity index (χ0n) is 76.4. The SMILES string of the molecule is C.CI.CI.Clc1ccc(Br)c(Br)c1.Clc1ccc2c(c1)n1c3ccccc3c3c4ccccc4n2c31.c1ccc2c(-c3ccc(N(c4ccc(-c5cccc6ccccc56)cc4)c4ccc5c(c4)n4c6ccccc6c6c7ccccc7n5c64)cc3)cccc2c1.c1ccc2c(-c3ccc(Nc4ccc(-c5cccc6ccccc56)cc4)cc3)cccc2c1.c1ccc2c(c1)CC1=C2c2ccccc2C1. The molecule has 0 saturated carbocycles. The molecule has 0 radical (unpaired) electrons. The summed E-state index contributed by atoms with van der Waals surface area (Å²) in [6.45, 7) is 0. The molecular formula is C129H92Br2Cl2I2N6. The van der Waals surface area contributed by atoms with E-state index in [1.54, 1.807) is 5.57 Å². The zero-order chi connectivity index (χ0) is 94.6. The molecule has 0 spiro atoms. The minimum atomic E-state index is 0. The number of aromatic nitrogens is 4. The summed E-state index contributed by atoms with van der Waals surface area (Å²) in [4.78, 5) is 6.34. The Bertz CT molecular complexity index is 9080. The Labute approximate surface area is 872 Å². The summed E-state index contributed by atoms with van der Waals surface area (Å²) in [6.07, 6.45) is 2.31. The normalized spacial score (nSPS) is 11.8. The fraction of sp³-hybridized carbons (Fsp3) is 0.0388. The van der Waals surface area contributed by atoms with Crippen molar-refractivity contribution < 1.29 is 0 Å². The second-order valence-corrected chi connectivity index (χ2v) is 37.7. The third kappa shape index (κ3) is 16.8. The van der Waals surface area contributed by atoms with E-state index in [9.17, 15) is 0 Å². The van der Waals surface area contributed by atoms with E-state index in [0.29, 0.717) is 0 Å². The van der Waals surface area contributed by atoms with E-state index in [2.05, 4.69) is 548 Å². The Balaban J connectivity index is 0.000000112. The number of fused-ring (bicyclic) bond motifs is 26. The molecule has 141 heavy (non-hydrogen) atoms. The van der Waals surface area contributed by atoms with Crippen LogP contribution in [0.1, 0.15) is 29.7 Å². The number of imidazole rings is 2. The third-order valence-electron chi connectivity index (χ3n) is 27.4. The van der Waals surface area contributed by atoms with Crippen molar-refractivity contribution in [3.05, 3.63) is 514 Å². The Morgan fingerprint density at radius 2 is 0.532 bits per heavy atom. The van der Waals surface area contributed by atoms with Crippen LogP contribution in [-0.2, 0) is 12.8 Å². The highest BCUT2D eigenvalue weighted by molar-refractivity contribution is 14.1. The average Bonchev–Trinajstić information content (AvgIpc) is 1.52. The number of nitrogens with zero attached hydrogens (tertiary/aromatic N) is 5. The van der Waals surface area contributed by atoms with Crippen LogP contribution in [0.25, 0.3) is 181 Å². The van der Waals surface area contributed by atoms with Crippen LogP contribution in [0.3, 0.4) is 0 Å². The topological polar surface area (TPSA) is 32.9 Å². The minimum Gasteiger partial charge on any atom is -0.356 e. The van der Waals surface area contributed by atoms with Gasteiger partial charge in [-0.3, -0.25) is 17.6 Å². The number of hydrogen-bond donors (Lipinski definition) is 1. The quantitative estimate of drug-likeness (QED) is 0.0887. The molecule has 27 aromatic rings. The van der Waals surface area contributed by atoms with Crippen LogP contribution in [0.5, 0.6) is 0 Å². The van der Waals surface area contributed by atoms with Gasteiger partial charge in [-0.15, -0.1) is 0 Å². The van der Waals surface area contributed by atoms with Crippen molar-refractivity contribution in [1.82, 2.24) is 17.6 Å². The van der Waals surface area contributed by atoms with E-state index in [4.69, 9.17) is 23.2 Å². The highest BCUT2D eigenvalue weighted by atomic mass is 127. The van der Waals surface area contributed by atoms with Gasteiger partial charge in [-0.25, -0.2) is 0 Å². The molecule has 0 amide bonds. The van der Waals surface area contributed by atoms with Crippen molar-refractivity contribution in [3.63, 3.8) is 0 Å². The van der Waals surface area contributed by atoms with Crippen molar-refractivity contribution in [1.29, 1.82) is 0 Å². The van der Waals surface area contributed by atoms with Gasteiger partial charge in [0.15, 0.2) is 0 Å². The van der Waals surface area contributed by atoms with Crippen LogP contribution in [0.15, 0.2) is 482 Å². The standard InChI is InChI=1S/C52H33N3.C32H23N.C20H11ClN2.C16H12.C6H3Br2Cl.2CH3I.CH4/c1-3-15-41-34(11-1)13-9-19-43(41)36-23-27-38(28-24-36)53(39-29-25-37(26-30-39)44-20-10-14-35-12-2-4-16-42(35)44)40-31-32-49-50(33-40)55-48-22-8-6-18-46(48)51-45-17-5-7-21-47(45)54(49)52(51)55;1-3-11-29-23(7-1)9-5-13-31(29)25-15-19-27(20-16-25)33-28-21-17-26(18-22-28)32-14-6-10-24-8-2-4-12-30(24)32;21-12-9-10-17-18(11-12)23-16-8-4-2-6-14(16)19-13-5-1-3-7-15(13)22(17)20(19)23;1-3-7-14-11(5-1)9-13-10-12-6-2-4-8-15(12)16(13)14;7-5-2-1-4(9)3-6(5)8;2*1-2;/h1-33H;1-22,33H;1-11H;1-8H,9-10H2;1-3H;2*1H3;1H4. The molecule has 0 atom stereocenters. The number of hydrogen-bond acceptors (Lipinski definition) is 2. The summed E-state index contributed by atoms with van der Waals surface area (Å²) >= 11 is 22.9. The fourth-order valence-corrected chi connectivity index (χ4v) is 22.5. The van der Waals surface area contributed by atoms with Crippen LogP contribution in [-0.4, -0.2) is 27.5 Å². The van der Waals surface area contributed by atoms with Gasteiger partial charge in [0.25, 0.3) is 0 Å². The number of rotatable bonds is 9. The average molecular weight is 2210 g/mol. The Kier molecular flexibility index (Phi) is 25.9. The maximum Gasteiger partial charge on any atom is 0.131 e. The van der Waals surface area contributed by atoms with E-state index in [-0.39, 0.29) is 7.43 Å². The molecule has 6 heterocycles. The number of para-hydroxylation sites is 4. The summed E-state index contributed by atoms with van der Waals surface area (Å²) in [6, 6.07) is 167. The first kappa shape index (κ1) is 91.7. The number of benzene rings is 21. The Morgan fingerprint density at radius 3 is 0.901 bits per heavy atom. The van der Waals surface area contributed by atoms with Gasteiger partial charge in [0, 0.05) is 79.7 Å². The molecule has 0 unspecified atom stereocenters. The van der Waals surface area contributed by atoms with Crippen LogP contribution in [0.2, 0.25) is 10.0 Å². The van der Waals surface area contributed by atoms with Crippen molar-refractivity contribution in [3.8, 4) is 44.5 Å². The van der Waals surface area contributed by atoms with Gasteiger partial charge in [0.2, 0.25) is 0 Å². The van der Waals surface area contributed by atoms with Crippen molar-refractivity contribution in [2.24, 2.45) is 0 Å². The van der Waals surface area contributed by atoms with E-state index in [1.807, 2.05) is 34.1 Å². The Morgan fingerprint density at radius 1 is 0.248 bits per heavy atom. The number of allylic oxidation sites excluding steroid dienone is 1. The van der Waals surface area contributed by atoms with Crippen LogP contribution in [0, 0.1) is 0 Å². The zero-order valence-corrected chi connectivity index (χ0v) is 85.4. The van der Waals surface area contributed by atoms with Crippen molar-refractivity contribution in [2.45, 2.75) is 20.3 Å². The van der Waals surface area contributed by atoms with E-state index in [1.165, 1.54) is 198 Å². The summed E-state index contributed by atoms with van der Waals surface area (Å²) in [5.74, 6) is 0. The molecule has 6 aromatic heterocycles. The summed E-state index contributed by atoms with van der Waals surface area (Å²) in [5.41, 5.74) is 36.6. The van der Waals surface area contributed by atoms with Crippen LogP contribution < -0.4 is 10.2 Å². The van der Waals surface area contributed by atoms with E-state index < -0.39 is 0 Å². The van der Waals surface area contributed by atoms with Gasteiger partial charge in [0.05, 0.1) is 44.1 Å². The summed E-state index contributed by atoms with van der Waals surface area (Å²) < 4.78 is 11.6. The van der Waals surface area contributed by atoms with Crippen LogP contribution >= 0.6 is 100 Å². The van der Waals surface area contributed by atoms with Gasteiger partial charge in [-0.1, -0.05) is 421 Å². The van der Waals surface area contributed by atoms with Gasteiger partial charge in [-0.05, 0) is 297 Å². The minimum absolute atomic E-state index is 0. The maximum absolute atomic E-state index is 6.28. The van der Waals surface area contributed by atoms with Gasteiger partial charge in [0.1, 0.15) is 11.3 Å². The Hall–Kier alpha value is -14.3. The summed E-state index contributed by atoms with van der Waals surface area (Å²) in [7, 11) is 0. The number of nitrogens with one attached hydrogen (secondary N) is 1. The highest BCUT2D eigenvalue weighted by Gasteiger charge is 2.30. The first-order chi connectivity index (χ1) is 69.1. The molecule has 680 valence electrons. The molecule has 0 saturated heterocycles. The molecule has 29 rings (SSSR count). The largest absolute Gasteiger partial charge is 0.356 e. The highest BCUT2D eigenvalue weighted by Crippen LogP contribution is 2.49. The van der Waals surface area contributed by atoms with Crippen LogP contribution in [0.4, 0.5) is 28.4 Å². The fourth-order valence-electron chi connectivity index (χ4n) is 21.4. The van der Waals surface area contributed by atoms with Gasteiger partial charge < -0.3 is 10.2 Å². The number of alkyl halides is 2. The maximum atomic E-state index is 6.28. The second-order valence-electron chi connectivity index (χ2n) is 35.1. The first-order valence-corrected chi connectivity index (χ1v) is 53.4. The molecule has 6 nitrogen and oxygen atoms in total. The third-order valence-corrected chi connectivity index (χ3v) is 29.7. The smallest absolute Gasteiger partial charge is 0.131 e. The molecule has 0 aliphatic heterocycles. The molecule has 21 aromatic carbocycles. The molecule has 12 heteroatoms.